The number of carbonyl (C=O) groups excluding carboxylic acids is 1. The van der Waals surface area contributed by atoms with E-state index >= 15 is 0 Å². The minimum Gasteiger partial charge on any atom is -0.497 e. The SMILES string of the molecule is COc1ccc(-c2nn(C(=O)c3cccs3)cc2C(=O)O)cc1. The summed E-state index contributed by atoms with van der Waals surface area (Å²) in [6.45, 7) is 0. The van der Waals surface area contributed by atoms with E-state index in [-0.39, 0.29) is 17.2 Å². The zero-order valence-electron chi connectivity index (χ0n) is 12.1. The predicted octanol–water partition coefficient (Wildman–Crippen LogP) is 3.01. The molecular formula is C16H12N2O4S. The molecule has 2 aromatic heterocycles. The molecule has 0 saturated carbocycles. The summed E-state index contributed by atoms with van der Waals surface area (Å²) in [6, 6.07) is 10.2. The molecule has 116 valence electrons. The van der Waals surface area contributed by atoms with Gasteiger partial charge in [0, 0.05) is 11.8 Å². The van der Waals surface area contributed by atoms with Crippen LogP contribution in [0.1, 0.15) is 20.0 Å². The van der Waals surface area contributed by atoms with Crippen molar-refractivity contribution in [3.8, 4) is 17.0 Å². The molecule has 0 amide bonds. The van der Waals surface area contributed by atoms with Crippen LogP contribution < -0.4 is 4.74 Å². The van der Waals surface area contributed by atoms with Crippen molar-refractivity contribution in [2.75, 3.05) is 7.11 Å². The first-order valence-corrected chi connectivity index (χ1v) is 7.53. The molecule has 0 aliphatic rings. The average Bonchev–Trinajstić information content (AvgIpc) is 3.24. The van der Waals surface area contributed by atoms with E-state index in [0.717, 1.165) is 4.68 Å². The van der Waals surface area contributed by atoms with Gasteiger partial charge in [0.25, 0.3) is 5.91 Å². The highest BCUT2D eigenvalue weighted by Gasteiger charge is 2.21. The van der Waals surface area contributed by atoms with Crippen molar-refractivity contribution in [2.24, 2.45) is 0 Å². The highest BCUT2D eigenvalue weighted by atomic mass is 32.1. The van der Waals surface area contributed by atoms with Crippen molar-refractivity contribution < 1.29 is 19.4 Å². The summed E-state index contributed by atoms with van der Waals surface area (Å²) in [5.41, 5.74) is 0.811. The summed E-state index contributed by atoms with van der Waals surface area (Å²) < 4.78 is 6.14. The van der Waals surface area contributed by atoms with Gasteiger partial charge in [-0.1, -0.05) is 6.07 Å². The van der Waals surface area contributed by atoms with E-state index in [0.29, 0.717) is 16.2 Å². The summed E-state index contributed by atoms with van der Waals surface area (Å²) in [4.78, 5) is 24.3. The smallest absolute Gasteiger partial charge is 0.339 e. The second kappa shape index (κ2) is 6.05. The van der Waals surface area contributed by atoms with Crippen molar-refractivity contribution in [1.82, 2.24) is 9.78 Å². The predicted molar refractivity (Wildman–Crippen MR) is 85.2 cm³/mol. The van der Waals surface area contributed by atoms with Crippen molar-refractivity contribution >= 4 is 23.2 Å². The Kier molecular flexibility index (Phi) is 3.94. The number of hydrogen-bond acceptors (Lipinski definition) is 5. The van der Waals surface area contributed by atoms with Crippen molar-refractivity contribution in [2.45, 2.75) is 0 Å². The molecule has 1 aromatic carbocycles. The van der Waals surface area contributed by atoms with E-state index in [1.165, 1.54) is 17.5 Å². The summed E-state index contributed by atoms with van der Waals surface area (Å²) in [5.74, 6) is -0.844. The van der Waals surface area contributed by atoms with Crippen molar-refractivity contribution in [1.29, 1.82) is 0 Å². The Hall–Kier alpha value is -2.93. The lowest BCUT2D eigenvalue weighted by Gasteiger charge is -2.02. The van der Waals surface area contributed by atoms with Crippen LogP contribution in [0.5, 0.6) is 5.75 Å². The number of methoxy groups -OCH3 is 1. The van der Waals surface area contributed by atoms with Crippen LogP contribution in [0.25, 0.3) is 11.3 Å². The molecule has 2 heterocycles. The van der Waals surface area contributed by atoms with E-state index in [1.807, 2.05) is 0 Å². The van der Waals surface area contributed by atoms with Crippen LogP contribution in [0.3, 0.4) is 0 Å². The van der Waals surface area contributed by atoms with Gasteiger partial charge in [0.1, 0.15) is 17.0 Å². The molecule has 0 spiro atoms. The van der Waals surface area contributed by atoms with Crippen LogP contribution in [0.4, 0.5) is 0 Å². The molecule has 3 rings (SSSR count). The fourth-order valence-electron chi connectivity index (χ4n) is 2.11. The fraction of sp³-hybridized carbons (Fsp3) is 0.0625. The summed E-state index contributed by atoms with van der Waals surface area (Å²) >= 11 is 1.28. The quantitative estimate of drug-likeness (QED) is 0.796. The van der Waals surface area contributed by atoms with Gasteiger partial charge in [0.05, 0.1) is 12.0 Å². The summed E-state index contributed by atoms with van der Waals surface area (Å²) in [6.07, 6.45) is 1.24. The maximum absolute atomic E-state index is 12.3. The van der Waals surface area contributed by atoms with Crippen molar-refractivity contribution in [3.63, 3.8) is 0 Å². The van der Waals surface area contributed by atoms with E-state index in [2.05, 4.69) is 5.10 Å². The topological polar surface area (TPSA) is 81.4 Å². The van der Waals surface area contributed by atoms with Gasteiger partial charge < -0.3 is 9.84 Å². The van der Waals surface area contributed by atoms with Gasteiger partial charge in [-0.2, -0.15) is 5.10 Å². The van der Waals surface area contributed by atoms with Crippen LogP contribution in [0.15, 0.2) is 48.0 Å². The maximum atomic E-state index is 12.3. The second-order valence-corrected chi connectivity index (χ2v) is 5.60. The Morgan fingerprint density at radius 3 is 2.52 bits per heavy atom. The Morgan fingerprint density at radius 1 is 1.22 bits per heavy atom. The first-order valence-electron chi connectivity index (χ1n) is 6.65. The molecule has 0 aliphatic carbocycles. The number of aromatic nitrogens is 2. The number of carboxylic acids is 1. The lowest BCUT2D eigenvalue weighted by molar-refractivity contribution is 0.0697. The maximum Gasteiger partial charge on any atom is 0.339 e. The van der Waals surface area contributed by atoms with Crippen molar-refractivity contribution in [3.05, 3.63) is 58.4 Å². The normalized spacial score (nSPS) is 10.5. The third-order valence-electron chi connectivity index (χ3n) is 3.25. The molecule has 0 bridgehead atoms. The molecule has 0 unspecified atom stereocenters. The first-order chi connectivity index (χ1) is 11.1. The van der Waals surface area contributed by atoms with E-state index < -0.39 is 5.97 Å². The summed E-state index contributed by atoms with van der Waals surface area (Å²) in [7, 11) is 1.55. The second-order valence-electron chi connectivity index (χ2n) is 4.65. The van der Waals surface area contributed by atoms with E-state index in [4.69, 9.17) is 4.74 Å². The molecule has 7 heteroatoms. The standard InChI is InChI=1S/C16H12N2O4S/c1-22-11-6-4-10(5-7-11)14-12(16(20)21)9-18(17-14)15(19)13-3-2-8-23-13/h2-9H,1H3,(H,20,21). The number of thiophene rings is 1. The van der Waals surface area contributed by atoms with E-state index in [1.54, 1.807) is 48.9 Å². The number of nitrogens with zero attached hydrogens (tertiary/aromatic N) is 2. The van der Waals surface area contributed by atoms with Crippen LogP contribution in [0.2, 0.25) is 0 Å². The number of ether oxygens (including phenoxy) is 1. The minimum atomic E-state index is -1.14. The average molecular weight is 328 g/mol. The lowest BCUT2D eigenvalue weighted by atomic mass is 10.1. The number of rotatable bonds is 4. The molecule has 6 nitrogen and oxygen atoms in total. The summed E-state index contributed by atoms with van der Waals surface area (Å²) in [5, 5.41) is 15.3. The number of carbonyl (C=O) groups is 2. The molecule has 0 saturated heterocycles. The zero-order valence-corrected chi connectivity index (χ0v) is 12.9. The Morgan fingerprint density at radius 2 is 1.96 bits per heavy atom. The number of carboxylic acid groups (broad SMARTS) is 1. The molecule has 3 aromatic rings. The first kappa shape index (κ1) is 15.0. The van der Waals surface area contributed by atoms with Gasteiger partial charge in [-0.05, 0) is 35.7 Å². The number of hydrogen-bond donors (Lipinski definition) is 1. The monoisotopic (exact) mass is 328 g/mol. The number of benzene rings is 1. The van der Waals surface area contributed by atoms with E-state index in [9.17, 15) is 14.7 Å². The Balaban J connectivity index is 2.05. The molecule has 1 N–H and O–H groups in total. The minimum absolute atomic E-state index is 0.0277. The van der Waals surface area contributed by atoms with Gasteiger partial charge >= 0.3 is 5.97 Å². The van der Waals surface area contributed by atoms with Crippen LogP contribution in [-0.2, 0) is 0 Å². The van der Waals surface area contributed by atoms with Crippen LogP contribution in [-0.4, -0.2) is 33.9 Å². The molecule has 0 aliphatic heterocycles. The van der Waals surface area contributed by atoms with Gasteiger partial charge in [0.2, 0.25) is 0 Å². The van der Waals surface area contributed by atoms with Crippen LogP contribution in [0, 0.1) is 0 Å². The zero-order chi connectivity index (χ0) is 16.4. The largest absolute Gasteiger partial charge is 0.497 e. The molecule has 0 fully saturated rings. The molecule has 0 radical (unpaired) electrons. The third-order valence-corrected chi connectivity index (χ3v) is 4.11. The van der Waals surface area contributed by atoms with Gasteiger partial charge in [-0.25, -0.2) is 9.48 Å². The molecule has 23 heavy (non-hydrogen) atoms. The molecular weight excluding hydrogens is 316 g/mol. The van der Waals surface area contributed by atoms with Crippen LogP contribution >= 0.6 is 11.3 Å². The molecule has 0 atom stereocenters. The third kappa shape index (κ3) is 2.86. The Bertz CT molecular complexity index is 851. The van der Waals surface area contributed by atoms with Gasteiger partial charge in [-0.3, -0.25) is 4.79 Å². The number of aromatic carboxylic acids is 1. The highest BCUT2D eigenvalue weighted by Crippen LogP contribution is 2.25. The fourth-order valence-corrected chi connectivity index (χ4v) is 2.76. The lowest BCUT2D eigenvalue weighted by Crippen LogP contribution is -2.11. The van der Waals surface area contributed by atoms with Gasteiger partial charge in [0.15, 0.2) is 0 Å². The van der Waals surface area contributed by atoms with Gasteiger partial charge in [-0.15, -0.1) is 11.3 Å². The Labute approximate surface area is 135 Å². The highest BCUT2D eigenvalue weighted by molar-refractivity contribution is 7.12.